The lowest BCUT2D eigenvalue weighted by Crippen LogP contribution is -2.49. The molecule has 0 spiro atoms. The summed E-state index contributed by atoms with van der Waals surface area (Å²) < 4.78 is 0. The van der Waals surface area contributed by atoms with E-state index >= 15 is 0 Å². The lowest BCUT2D eigenvalue weighted by molar-refractivity contribution is -0.126. The minimum Gasteiger partial charge on any atom is -0.354 e. The minimum absolute atomic E-state index is 0. The largest absolute Gasteiger partial charge is 0.354 e. The van der Waals surface area contributed by atoms with Gasteiger partial charge in [-0.05, 0) is 43.0 Å². The van der Waals surface area contributed by atoms with Crippen molar-refractivity contribution in [3.05, 3.63) is 70.7 Å². The van der Waals surface area contributed by atoms with Crippen molar-refractivity contribution in [2.45, 2.75) is 25.3 Å². The van der Waals surface area contributed by atoms with Crippen molar-refractivity contribution in [1.82, 2.24) is 5.32 Å². The molecule has 5 heteroatoms. The zero-order valence-electron chi connectivity index (χ0n) is 13.1. The highest BCUT2D eigenvalue weighted by molar-refractivity contribution is 6.30. The van der Waals surface area contributed by atoms with E-state index in [1.165, 1.54) is 5.56 Å². The van der Waals surface area contributed by atoms with Crippen LogP contribution >= 0.6 is 24.0 Å². The summed E-state index contributed by atoms with van der Waals surface area (Å²) in [6, 6.07) is 17.2. The Morgan fingerprint density at radius 2 is 1.74 bits per heavy atom. The molecule has 0 fully saturated rings. The number of nitrogens with one attached hydrogen (secondary N) is 1. The lowest BCUT2D eigenvalue weighted by atomic mass is 9.92. The average molecular weight is 353 g/mol. The second-order valence-electron chi connectivity index (χ2n) is 5.55. The zero-order chi connectivity index (χ0) is 16.0. The molecule has 1 amide bonds. The standard InChI is InChI=1S/C18H21ClN2O.ClH/c1-18(20,15-7-3-2-4-8-15)17(22)21-13-5-6-14-9-11-16(19)12-10-14;/h2-4,7-12H,5-6,13,20H2,1H3,(H,21,22);1H. The maximum absolute atomic E-state index is 12.3. The van der Waals surface area contributed by atoms with Crippen LogP contribution in [-0.2, 0) is 16.8 Å². The third kappa shape index (κ3) is 5.54. The van der Waals surface area contributed by atoms with Crippen LogP contribution < -0.4 is 11.1 Å². The van der Waals surface area contributed by atoms with Gasteiger partial charge >= 0.3 is 0 Å². The van der Waals surface area contributed by atoms with Gasteiger partial charge in [-0.3, -0.25) is 4.79 Å². The number of carbonyl (C=O) groups excluding carboxylic acids is 1. The molecule has 2 aromatic rings. The van der Waals surface area contributed by atoms with Crippen molar-refractivity contribution in [2.75, 3.05) is 6.54 Å². The van der Waals surface area contributed by atoms with Crippen molar-refractivity contribution in [3.63, 3.8) is 0 Å². The van der Waals surface area contributed by atoms with Gasteiger partial charge in [0.1, 0.15) is 5.54 Å². The molecule has 2 aromatic carbocycles. The molecule has 1 unspecified atom stereocenters. The SMILES string of the molecule is CC(N)(C(=O)NCCCc1ccc(Cl)cc1)c1ccccc1.Cl. The van der Waals surface area contributed by atoms with Gasteiger partial charge in [0, 0.05) is 11.6 Å². The van der Waals surface area contributed by atoms with Crippen LogP contribution in [0.4, 0.5) is 0 Å². The topological polar surface area (TPSA) is 55.1 Å². The highest BCUT2D eigenvalue weighted by atomic mass is 35.5. The van der Waals surface area contributed by atoms with Gasteiger partial charge in [-0.1, -0.05) is 54.1 Å². The molecule has 23 heavy (non-hydrogen) atoms. The number of aryl methyl sites for hydroxylation is 1. The van der Waals surface area contributed by atoms with Crippen molar-refractivity contribution < 1.29 is 4.79 Å². The fraction of sp³-hybridized carbons (Fsp3) is 0.278. The number of benzene rings is 2. The first-order valence-electron chi connectivity index (χ1n) is 7.37. The van der Waals surface area contributed by atoms with Gasteiger partial charge in [0.25, 0.3) is 0 Å². The van der Waals surface area contributed by atoms with Crippen LogP contribution in [0.25, 0.3) is 0 Å². The number of hydrogen-bond donors (Lipinski definition) is 2. The Bertz CT molecular complexity index is 613. The predicted molar refractivity (Wildman–Crippen MR) is 98.0 cm³/mol. The Balaban J connectivity index is 0.00000264. The van der Waals surface area contributed by atoms with E-state index < -0.39 is 5.54 Å². The fourth-order valence-electron chi connectivity index (χ4n) is 2.24. The van der Waals surface area contributed by atoms with Gasteiger partial charge in [-0.2, -0.15) is 0 Å². The molecule has 0 radical (unpaired) electrons. The lowest BCUT2D eigenvalue weighted by Gasteiger charge is -2.24. The second-order valence-corrected chi connectivity index (χ2v) is 5.99. The summed E-state index contributed by atoms with van der Waals surface area (Å²) in [6.07, 6.45) is 1.75. The Labute approximate surface area is 148 Å². The summed E-state index contributed by atoms with van der Waals surface area (Å²) in [5.41, 5.74) is 7.17. The minimum atomic E-state index is -1.01. The van der Waals surface area contributed by atoms with Crippen molar-refractivity contribution in [2.24, 2.45) is 5.73 Å². The number of amides is 1. The van der Waals surface area contributed by atoms with E-state index in [-0.39, 0.29) is 18.3 Å². The summed E-state index contributed by atoms with van der Waals surface area (Å²) in [5, 5.41) is 3.65. The van der Waals surface area contributed by atoms with Gasteiger partial charge in [0.05, 0.1) is 0 Å². The molecular formula is C18H22Cl2N2O. The Hall–Kier alpha value is -1.55. The number of halogens is 2. The van der Waals surface area contributed by atoms with Crippen LogP contribution in [-0.4, -0.2) is 12.5 Å². The van der Waals surface area contributed by atoms with Crippen LogP contribution in [0.3, 0.4) is 0 Å². The van der Waals surface area contributed by atoms with Crippen molar-refractivity contribution >= 4 is 29.9 Å². The van der Waals surface area contributed by atoms with Gasteiger partial charge in [0.2, 0.25) is 5.91 Å². The smallest absolute Gasteiger partial charge is 0.244 e. The quantitative estimate of drug-likeness (QED) is 0.779. The highest BCUT2D eigenvalue weighted by Crippen LogP contribution is 2.17. The van der Waals surface area contributed by atoms with Crippen molar-refractivity contribution in [1.29, 1.82) is 0 Å². The summed E-state index contributed by atoms with van der Waals surface area (Å²) in [7, 11) is 0. The first-order valence-corrected chi connectivity index (χ1v) is 7.75. The molecule has 0 aliphatic heterocycles. The zero-order valence-corrected chi connectivity index (χ0v) is 14.7. The van der Waals surface area contributed by atoms with Gasteiger partial charge in [0.15, 0.2) is 0 Å². The molecule has 2 rings (SSSR count). The molecule has 124 valence electrons. The summed E-state index contributed by atoms with van der Waals surface area (Å²) in [4.78, 5) is 12.3. The van der Waals surface area contributed by atoms with Gasteiger partial charge in [-0.15, -0.1) is 12.4 Å². The van der Waals surface area contributed by atoms with E-state index in [2.05, 4.69) is 5.32 Å². The van der Waals surface area contributed by atoms with Crippen LogP contribution in [0.5, 0.6) is 0 Å². The van der Waals surface area contributed by atoms with Crippen LogP contribution in [0.15, 0.2) is 54.6 Å². The first kappa shape index (κ1) is 19.5. The normalized spacial score (nSPS) is 12.8. The molecule has 0 heterocycles. The van der Waals surface area contributed by atoms with E-state index in [4.69, 9.17) is 17.3 Å². The third-order valence-corrected chi connectivity index (χ3v) is 3.94. The number of carbonyl (C=O) groups is 1. The fourth-order valence-corrected chi connectivity index (χ4v) is 2.37. The maximum Gasteiger partial charge on any atom is 0.244 e. The van der Waals surface area contributed by atoms with Gasteiger partial charge < -0.3 is 11.1 Å². The average Bonchev–Trinajstić information content (AvgIpc) is 2.54. The number of nitrogens with two attached hydrogens (primary N) is 1. The first-order chi connectivity index (χ1) is 10.5. The molecule has 0 aromatic heterocycles. The second kappa shape index (κ2) is 8.92. The highest BCUT2D eigenvalue weighted by Gasteiger charge is 2.29. The monoisotopic (exact) mass is 352 g/mol. The summed E-state index contributed by atoms with van der Waals surface area (Å²) in [6.45, 7) is 2.33. The van der Waals surface area contributed by atoms with E-state index in [1.807, 2.05) is 54.6 Å². The molecule has 0 aliphatic rings. The molecule has 0 bridgehead atoms. The molecule has 0 saturated carbocycles. The molecule has 1 atom stereocenters. The summed E-state index contributed by atoms with van der Waals surface area (Å²) in [5.74, 6) is -0.158. The van der Waals surface area contributed by atoms with Crippen molar-refractivity contribution in [3.8, 4) is 0 Å². The van der Waals surface area contributed by atoms with Crippen LogP contribution in [0.2, 0.25) is 5.02 Å². The predicted octanol–water partition coefficient (Wildman–Crippen LogP) is 3.68. The molecule has 3 N–H and O–H groups in total. The molecular weight excluding hydrogens is 331 g/mol. The number of rotatable bonds is 6. The van der Waals surface area contributed by atoms with E-state index in [9.17, 15) is 4.79 Å². The molecule has 0 aliphatic carbocycles. The van der Waals surface area contributed by atoms with Crippen LogP contribution in [0.1, 0.15) is 24.5 Å². The maximum atomic E-state index is 12.3. The van der Waals surface area contributed by atoms with E-state index in [0.29, 0.717) is 6.54 Å². The molecule has 0 saturated heterocycles. The Morgan fingerprint density at radius 1 is 1.13 bits per heavy atom. The van der Waals surface area contributed by atoms with Crippen LogP contribution in [0, 0.1) is 0 Å². The molecule has 3 nitrogen and oxygen atoms in total. The summed E-state index contributed by atoms with van der Waals surface area (Å²) >= 11 is 5.85. The Kier molecular flexibility index (Phi) is 7.56. The Morgan fingerprint density at radius 3 is 2.35 bits per heavy atom. The van der Waals surface area contributed by atoms with E-state index in [0.717, 1.165) is 23.4 Å². The third-order valence-electron chi connectivity index (χ3n) is 3.69. The van der Waals surface area contributed by atoms with Gasteiger partial charge in [-0.25, -0.2) is 0 Å². The van der Waals surface area contributed by atoms with E-state index in [1.54, 1.807) is 6.92 Å². The number of hydrogen-bond acceptors (Lipinski definition) is 2.